The van der Waals surface area contributed by atoms with Gasteiger partial charge in [-0.05, 0) is 50.2 Å². The van der Waals surface area contributed by atoms with Crippen LogP contribution in [0.3, 0.4) is 0 Å². The summed E-state index contributed by atoms with van der Waals surface area (Å²) in [6, 6.07) is 13.3. The number of methoxy groups -OCH3 is 1. The highest BCUT2D eigenvalue weighted by Gasteiger charge is 2.26. The lowest BCUT2D eigenvalue weighted by atomic mass is 10.1. The summed E-state index contributed by atoms with van der Waals surface area (Å²) in [5.41, 5.74) is 4.81. The number of aryl methyl sites for hydroxylation is 1. The van der Waals surface area contributed by atoms with Gasteiger partial charge in [0.1, 0.15) is 5.75 Å². The standard InChI is InChI=1S/C24H26N4O3S/c1-16-25-21(15-32-16)17-7-8-22-18(11-17)9-10-28(22)24(30)14-27(2)13-23(29)26-19-5-4-6-20(12-19)31-3/h4-8,11-12,15H,9-10,13-14H2,1-3H3,(H,26,29). The van der Waals surface area contributed by atoms with Gasteiger partial charge in [0.05, 0.1) is 30.9 Å². The van der Waals surface area contributed by atoms with E-state index in [0.717, 1.165) is 33.9 Å². The number of carbonyl (C=O) groups is 2. The van der Waals surface area contributed by atoms with Crippen LogP contribution in [0, 0.1) is 6.92 Å². The summed E-state index contributed by atoms with van der Waals surface area (Å²) in [5, 5.41) is 5.93. The van der Waals surface area contributed by atoms with Crippen molar-refractivity contribution in [2.75, 3.05) is 44.0 Å². The Morgan fingerprint density at radius 1 is 1.22 bits per heavy atom. The summed E-state index contributed by atoms with van der Waals surface area (Å²) in [7, 11) is 3.35. The summed E-state index contributed by atoms with van der Waals surface area (Å²) >= 11 is 1.63. The Bertz CT molecular complexity index is 1140. The van der Waals surface area contributed by atoms with Crippen molar-refractivity contribution in [3.63, 3.8) is 0 Å². The van der Waals surface area contributed by atoms with Gasteiger partial charge in [0.2, 0.25) is 11.8 Å². The molecular formula is C24H26N4O3S. The van der Waals surface area contributed by atoms with Crippen molar-refractivity contribution in [3.05, 3.63) is 58.4 Å². The van der Waals surface area contributed by atoms with E-state index in [2.05, 4.69) is 21.7 Å². The average Bonchev–Trinajstić information content (AvgIpc) is 3.39. The maximum Gasteiger partial charge on any atom is 0.241 e. The van der Waals surface area contributed by atoms with E-state index in [1.165, 1.54) is 0 Å². The van der Waals surface area contributed by atoms with E-state index in [4.69, 9.17) is 4.74 Å². The van der Waals surface area contributed by atoms with Crippen LogP contribution in [0.2, 0.25) is 0 Å². The van der Waals surface area contributed by atoms with E-state index in [9.17, 15) is 9.59 Å². The first-order valence-corrected chi connectivity index (χ1v) is 11.3. The van der Waals surface area contributed by atoms with Gasteiger partial charge in [0.25, 0.3) is 0 Å². The average molecular weight is 451 g/mol. The van der Waals surface area contributed by atoms with Gasteiger partial charge in [0, 0.05) is 34.9 Å². The van der Waals surface area contributed by atoms with Gasteiger partial charge in [-0.3, -0.25) is 14.5 Å². The zero-order chi connectivity index (χ0) is 22.7. The van der Waals surface area contributed by atoms with E-state index in [0.29, 0.717) is 18.0 Å². The molecule has 166 valence electrons. The van der Waals surface area contributed by atoms with Crippen LogP contribution >= 0.6 is 11.3 Å². The molecule has 1 aliphatic rings. The largest absolute Gasteiger partial charge is 0.497 e. The molecule has 32 heavy (non-hydrogen) atoms. The third kappa shape index (κ3) is 4.98. The third-order valence-electron chi connectivity index (χ3n) is 5.36. The molecule has 1 aromatic heterocycles. The van der Waals surface area contributed by atoms with Crippen molar-refractivity contribution in [1.82, 2.24) is 9.88 Å². The molecule has 4 rings (SSSR count). The molecule has 0 spiro atoms. The summed E-state index contributed by atoms with van der Waals surface area (Å²) < 4.78 is 5.17. The normalized spacial score (nSPS) is 12.7. The Balaban J connectivity index is 1.34. The molecular weight excluding hydrogens is 424 g/mol. The summed E-state index contributed by atoms with van der Waals surface area (Å²) in [6.45, 7) is 2.93. The number of amides is 2. The molecule has 2 aromatic carbocycles. The molecule has 7 nitrogen and oxygen atoms in total. The molecule has 3 aromatic rings. The van der Waals surface area contributed by atoms with Gasteiger partial charge in [-0.2, -0.15) is 0 Å². The minimum absolute atomic E-state index is 0.0160. The first-order valence-electron chi connectivity index (χ1n) is 10.4. The summed E-state index contributed by atoms with van der Waals surface area (Å²) in [5.74, 6) is 0.475. The van der Waals surface area contributed by atoms with Gasteiger partial charge < -0.3 is 15.0 Å². The molecule has 8 heteroatoms. The number of aromatic nitrogens is 1. The Kier molecular flexibility index (Phi) is 6.53. The number of anilines is 2. The third-order valence-corrected chi connectivity index (χ3v) is 6.14. The van der Waals surface area contributed by atoms with Crippen LogP contribution < -0.4 is 15.0 Å². The smallest absolute Gasteiger partial charge is 0.241 e. The fourth-order valence-corrected chi connectivity index (χ4v) is 4.46. The Morgan fingerprint density at radius 2 is 2.06 bits per heavy atom. The zero-order valence-corrected chi connectivity index (χ0v) is 19.2. The van der Waals surface area contributed by atoms with Gasteiger partial charge in [-0.1, -0.05) is 12.1 Å². The van der Waals surface area contributed by atoms with Crippen LogP contribution in [0.1, 0.15) is 10.6 Å². The maximum atomic E-state index is 12.9. The van der Waals surface area contributed by atoms with Crippen LogP contribution in [0.5, 0.6) is 5.75 Å². The predicted octanol–water partition coefficient (Wildman–Crippen LogP) is 3.59. The van der Waals surface area contributed by atoms with Crippen molar-refractivity contribution in [2.45, 2.75) is 13.3 Å². The number of nitrogens with zero attached hydrogens (tertiary/aromatic N) is 3. The Morgan fingerprint density at radius 3 is 2.81 bits per heavy atom. The lowest BCUT2D eigenvalue weighted by Gasteiger charge is -2.22. The summed E-state index contributed by atoms with van der Waals surface area (Å²) in [6.07, 6.45) is 0.818. The predicted molar refractivity (Wildman–Crippen MR) is 127 cm³/mol. The molecule has 0 aliphatic carbocycles. The van der Waals surface area contributed by atoms with Crippen LogP contribution in [-0.2, 0) is 16.0 Å². The number of thiazole rings is 1. The monoisotopic (exact) mass is 450 g/mol. The number of carbonyl (C=O) groups excluding carboxylic acids is 2. The number of ether oxygens (including phenoxy) is 1. The Labute approximate surface area is 191 Å². The van der Waals surface area contributed by atoms with Crippen molar-refractivity contribution >= 4 is 34.5 Å². The van der Waals surface area contributed by atoms with Crippen LogP contribution in [0.15, 0.2) is 47.8 Å². The molecule has 2 amide bonds. The summed E-state index contributed by atoms with van der Waals surface area (Å²) in [4.78, 5) is 33.4. The molecule has 0 saturated heterocycles. The highest BCUT2D eigenvalue weighted by Crippen LogP contribution is 2.32. The van der Waals surface area contributed by atoms with Gasteiger partial charge in [0.15, 0.2) is 0 Å². The molecule has 0 radical (unpaired) electrons. The second kappa shape index (κ2) is 9.50. The van der Waals surface area contributed by atoms with E-state index in [1.807, 2.05) is 36.1 Å². The zero-order valence-electron chi connectivity index (χ0n) is 18.4. The van der Waals surface area contributed by atoms with Crippen LogP contribution in [0.4, 0.5) is 11.4 Å². The fraction of sp³-hybridized carbons (Fsp3) is 0.292. The van der Waals surface area contributed by atoms with Crippen LogP contribution in [-0.4, -0.2) is 55.5 Å². The lowest BCUT2D eigenvalue weighted by Crippen LogP contribution is -2.40. The number of nitrogens with one attached hydrogen (secondary N) is 1. The first-order chi connectivity index (χ1) is 15.4. The number of benzene rings is 2. The topological polar surface area (TPSA) is 74.8 Å². The number of hydrogen-bond donors (Lipinski definition) is 1. The molecule has 0 unspecified atom stereocenters. The second-order valence-corrected chi connectivity index (χ2v) is 8.91. The molecule has 1 N–H and O–H groups in total. The van der Waals surface area contributed by atoms with E-state index in [1.54, 1.807) is 42.5 Å². The van der Waals surface area contributed by atoms with E-state index in [-0.39, 0.29) is 24.9 Å². The minimum atomic E-state index is -0.182. The second-order valence-electron chi connectivity index (χ2n) is 7.84. The van der Waals surface area contributed by atoms with Crippen molar-refractivity contribution < 1.29 is 14.3 Å². The molecule has 0 saturated carbocycles. The molecule has 0 bridgehead atoms. The van der Waals surface area contributed by atoms with E-state index >= 15 is 0 Å². The maximum absolute atomic E-state index is 12.9. The molecule has 0 atom stereocenters. The fourth-order valence-electron chi connectivity index (χ4n) is 3.83. The Hall–Kier alpha value is -3.23. The minimum Gasteiger partial charge on any atom is -0.497 e. The van der Waals surface area contributed by atoms with Crippen molar-refractivity contribution in [2.24, 2.45) is 0 Å². The van der Waals surface area contributed by atoms with Crippen LogP contribution in [0.25, 0.3) is 11.3 Å². The highest BCUT2D eigenvalue weighted by atomic mass is 32.1. The molecule has 0 fully saturated rings. The van der Waals surface area contributed by atoms with Crippen molar-refractivity contribution in [3.8, 4) is 17.0 Å². The van der Waals surface area contributed by atoms with Gasteiger partial charge in [-0.25, -0.2) is 4.98 Å². The van der Waals surface area contributed by atoms with E-state index < -0.39 is 0 Å². The SMILES string of the molecule is COc1cccc(NC(=O)CN(C)CC(=O)N2CCc3cc(-c4csc(C)n4)ccc32)c1. The van der Waals surface area contributed by atoms with Crippen molar-refractivity contribution in [1.29, 1.82) is 0 Å². The number of fused-ring (bicyclic) bond motifs is 1. The molecule has 2 heterocycles. The quantitative estimate of drug-likeness (QED) is 0.596. The lowest BCUT2D eigenvalue weighted by molar-refractivity contribution is -0.120. The number of likely N-dealkylation sites (N-methyl/N-ethyl adjacent to an activating group) is 1. The number of rotatable bonds is 7. The highest BCUT2D eigenvalue weighted by molar-refractivity contribution is 7.09. The van der Waals surface area contributed by atoms with Gasteiger partial charge >= 0.3 is 0 Å². The van der Waals surface area contributed by atoms with Gasteiger partial charge in [-0.15, -0.1) is 11.3 Å². The molecule has 1 aliphatic heterocycles. The first kappa shape index (κ1) is 22.0. The number of hydrogen-bond acceptors (Lipinski definition) is 6.